The summed E-state index contributed by atoms with van der Waals surface area (Å²) >= 11 is 1.29. The van der Waals surface area contributed by atoms with E-state index in [1.54, 1.807) is 18.6 Å². The number of fused-ring (bicyclic) bond motifs is 2. The molecule has 0 saturated heterocycles. The first-order chi connectivity index (χ1) is 22.9. The molecule has 1 aliphatic rings. The SMILES string of the molecule is COc1cccc([C@H]2C(C(=O)Nc3ccccc3)=C(C)N=c3s/c(=C\c4cn(Cc5ccccc5C#N)c5ccccc45)c(=O)n32)c1. The second kappa shape index (κ2) is 12.4. The van der Waals surface area contributed by atoms with Gasteiger partial charge in [-0.3, -0.25) is 14.2 Å². The number of methoxy groups -OCH3 is 1. The number of hydrogen-bond donors (Lipinski definition) is 1. The van der Waals surface area contributed by atoms with Crippen molar-refractivity contribution in [3.05, 3.63) is 163 Å². The molecule has 0 saturated carbocycles. The molecule has 9 heteroatoms. The van der Waals surface area contributed by atoms with Gasteiger partial charge in [0, 0.05) is 34.9 Å². The van der Waals surface area contributed by atoms with Crippen molar-refractivity contribution in [3.63, 3.8) is 0 Å². The molecule has 0 fully saturated rings. The van der Waals surface area contributed by atoms with E-state index < -0.39 is 6.04 Å². The summed E-state index contributed by atoms with van der Waals surface area (Å²) in [6, 6.07) is 33.8. The summed E-state index contributed by atoms with van der Waals surface area (Å²) in [5.74, 6) is 0.285. The van der Waals surface area contributed by atoms with Gasteiger partial charge in [0.1, 0.15) is 5.75 Å². The first-order valence-electron chi connectivity index (χ1n) is 15.0. The molecule has 1 N–H and O–H groups in total. The van der Waals surface area contributed by atoms with Crippen LogP contribution in [0.1, 0.15) is 35.2 Å². The van der Waals surface area contributed by atoms with Gasteiger partial charge in [-0.15, -0.1) is 0 Å². The van der Waals surface area contributed by atoms with Crippen molar-refractivity contribution in [2.75, 3.05) is 12.4 Å². The quantitative estimate of drug-likeness (QED) is 0.241. The lowest BCUT2D eigenvalue weighted by Gasteiger charge is -2.25. The third kappa shape index (κ3) is 5.56. The van der Waals surface area contributed by atoms with E-state index in [9.17, 15) is 14.9 Å². The standard InChI is InChI=1S/C38H29N5O3S/c1-24-34(36(44)41-29-14-4-3-5-15-29)35(25-13-10-16-30(19-25)46-2)43-37(45)33(47-38(43)40-24)20-28-23-42(32-18-9-8-17-31(28)32)22-27-12-7-6-11-26(27)21-39/h3-20,23,35H,22H2,1-2H3,(H,41,44)/b33-20-/t35-/m0/s1. The van der Waals surface area contributed by atoms with Crippen molar-refractivity contribution in [3.8, 4) is 11.8 Å². The molecule has 0 spiro atoms. The zero-order chi connectivity index (χ0) is 32.5. The minimum atomic E-state index is -0.726. The summed E-state index contributed by atoms with van der Waals surface area (Å²) in [6.07, 6.45) is 3.91. The predicted molar refractivity (Wildman–Crippen MR) is 184 cm³/mol. The predicted octanol–water partition coefficient (Wildman–Crippen LogP) is 5.76. The maximum absolute atomic E-state index is 14.4. The average molecular weight is 636 g/mol. The van der Waals surface area contributed by atoms with Crippen LogP contribution in [0, 0.1) is 11.3 Å². The van der Waals surface area contributed by atoms with E-state index in [0.29, 0.717) is 44.1 Å². The fourth-order valence-electron chi connectivity index (χ4n) is 6.07. The number of carbonyl (C=O) groups is 1. The van der Waals surface area contributed by atoms with E-state index in [0.717, 1.165) is 27.6 Å². The third-order valence-electron chi connectivity index (χ3n) is 8.29. The molecule has 7 rings (SSSR count). The van der Waals surface area contributed by atoms with E-state index >= 15 is 0 Å². The second-order valence-corrected chi connectivity index (χ2v) is 12.2. The third-order valence-corrected chi connectivity index (χ3v) is 9.27. The Kier molecular flexibility index (Phi) is 7.86. The van der Waals surface area contributed by atoms with Crippen LogP contribution < -0.4 is 24.9 Å². The molecular formula is C38H29N5O3S. The number of nitrogens with one attached hydrogen (secondary N) is 1. The Morgan fingerprint density at radius 2 is 1.79 bits per heavy atom. The Balaban J connectivity index is 1.37. The maximum Gasteiger partial charge on any atom is 0.271 e. The van der Waals surface area contributed by atoms with E-state index in [-0.39, 0.29) is 11.5 Å². The lowest BCUT2D eigenvalue weighted by atomic mass is 9.95. The molecule has 6 aromatic rings. The van der Waals surface area contributed by atoms with Crippen LogP contribution >= 0.6 is 11.3 Å². The first kappa shape index (κ1) is 29.7. The largest absolute Gasteiger partial charge is 0.497 e. The van der Waals surface area contributed by atoms with Crippen LogP contribution in [0.3, 0.4) is 0 Å². The molecule has 0 radical (unpaired) electrons. The lowest BCUT2D eigenvalue weighted by molar-refractivity contribution is -0.113. The van der Waals surface area contributed by atoms with E-state index in [2.05, 4.69) is 16.0 Å². The minimum Gasteiger partial charge on any atom is -0.497 e. The molecule has 1 atom stereocenters. The zero-order valence-corrected chi connectivity index (χ0v) is 26.5. The molecule has 2 aromatic heterocycles. The fourth-order valence-corrected chi connectivity index (χ4v) is 7.11. The van der Waals surface area contributed by atoms with Crippen LogP contribution in [0.25, 0.3) is 17.0 Å². The summed E-state index contributed by atoms with van der Waals surface area (Å²) in [4.78, 5) is 33.5. The molecule has 0 aliphatic carbocycles. The van der Waals surface area contributed by atoms with Gasteiger partial charge >= 0.3 is 0 Å². The van der Waals surface area contributed by atoms with Gasteiger partial charge in [0.2, 0.25) is 0 Å². The number of para-hydroxylation sites is 2. The number of thiazole rings is 1. The number of nitrogens with zero attached hydrogens (tertiary/aromatic N) is 4. The highest BCUT2D eigenvalue weighted by atomic mass is 32.1. The average Bonchev–Trinajstić information content (AvgIpc) is 3.60. The summed E-state index contributed by atoms with van der Waals surface area (Å²) < 4.78 is 9.72. The number of rotatable bonds is 7. The molecule has 0 unspecified atom stereocenters. The van der Waals surface area contributed by atoms with Gasteiger partial charge in [0.05, 0.1) is 40.6 Å². The highest BCUT2D eigenvalue weighted by molar-refractivity contribution is 7.07. The van der Waals surface area contributed by atoms with Crippen molar-refractivity contribution in [1.82, 2.24) is 9.13 Å². The van der Waals surface area contributed by atoms with Gasteiger partial charge in [0.25, 0.3) is 11.5 Å². The van der Waals surface area contributed by atoms with Gasteiger partial charge in [-0.2, -0.15) is 5.26 Å². The topological polar surface area (TPSA) is 101 Å². The Hall–Kier alpha value is -5.98. The maximum atomic E-state index is 14.4. The number of allylic oxidation sites excluding steroid dienone is 1. The molecule has 47 heavy (non-hydrogen) atoms. The van der Waals surface area contributed by atoms with Gasteiger partial charge in [-0.25, -0.2) is 4.99 Å². The molecule has 1 amide bonds. The van der Waals surface area contributed by atoms with Crippen molar-refractivity contribution in [2.24, 2.45) is 4.99 Å². The molecule has 1 aliphatic heterocycles. The summed E-state index contributed by atoms with van der Waals surface area (Å²) in [5.41, 5.74) is 5.45. The van der Waals surface area contributed by atoms with Crippen LogP contribution in [-0.4, -0.2) is 22.2 Å². The molecule has 8 nitrogen and oxygen atoms in total. The number of carbonyl (C=O) groups excluding carboxylic acids is 1. The van der Waals surface area contributed by atoms with Crippen molar-refractivity contribution in [1.29, 1.82) is 5.26 Å². The smallest absolute Gasteiger partial charge is 0.271 e. The van der Waals surface area contributed by atoms with E-state index in [4.69, 9.17) is 9.73 Å². The van der Waals surface area contributed by atoms with Crippen LogP contribution in [0.5, 0.6) is 5.75 Å². The normalized spacial score (nSPS) is 14.4. The highest BCUT2D eigenvalue weighted by Gasteiger charge is 2.33. The van der Waals surface area contributed by atoms with Crippen molar-refractivity contribution >= 4 is 39.9 Å². The van der Waals surface area contributed by atoms with Crippen LogP contribution in [0.4, 0.5) is 5.69 Å². The van der Waals surface area contributed by atoms with Crippen LogP contribution in [-0.2, 0) is 11.3 Å². The van der Waals surface area contributed by atoms with Gasteiger partial charge in [-0.1, -0.05) is 78.1 Å². The molecular weight excluding hydrogens is 607 g/mol. The van der Waals surface area contributed by atoms with Gasteiger partial charge < -0.3 is 14.6 Å². The Morgan fingerprint density at radius 1 is 1.02 bits per heavy atom. The number of ether oxygens (including phenoxy) is 1. The van der Waals surface area contributed by atoms with Gasteiger partial charge in [0.15, 0.2) is 4.80 Å². The van der Waals surface area contributed by atoms with Crippen molar-refractivity contribution in [2.45, 2.75) is 19.5 Å². The number of aromatic nitrogens is 2. The number of hydrogen-bond acceptors (Lipinski definition) is 6. The van der Waals surface area contributed by atoms with Crippen LogP contribution in [0.2, 0.25) is 0 Å². The summed E-state index contributed by atoms with van der Waals surface area (Å²) in [6.45, 7) is 2.31. The number of benzene rings is 4. The Labute approximate surface area is 274 Å². The molecule has 4 aromatic carbocycles. The number of nitriles is 1. The fraction of sp³-hybridized carbons (Fsp3) is 0.105. The second-order valence-electron chi connectivity index (χ2n) is 11.2. The summed E-state index contributed by atoms with van der Waals surface area (Å²) in [7, 11) is 1.59. The summed E-state index contributed by atoms with van der Waals surface area (Å²) in [5, 5.41) is 13.6. The zero-order valence-electron chi connectivity index (χ0n) is 25.7. The molecule has 3 heterocycles. The Bertz CT molecular complexity index is 2430. The van der Waals surface area contributed by atoms with Gasteiger partial charge in [-0.05, 0) is 60.5 Å². The van der Waals surface area contributed by atoms with E-state index in [1.807, 2.05) is 115 Å². The van der Waals surface area contributed by atoms with E-state index in [1.165, 1.54) is 11.3 Å². The van der Waals surface area contributed by atoms with Crippen molar-refractivity contribution < 1.29 is 9.53 Å². The molecule has 0 bridgehead atoms. The molecule has 230 valence electrons. The van der Waals surface area contributed by atoms with Crippen LogP contribution in [0.15, 0.2) is 130 Å². The minimum absolute atomic E-state index is 0.245. The monoisotopic (exact) mass is 635 g/mol. The first-order valence-corrected chi connectivity index (χ1v) is 15.9. The number of anilines is 1. The lowest BCUT2D eigenvalue weighted by Crippen LogP contribution is -2.40. The number of amides is 1. The Morgan fingerprint density at radius 3 is 2.60 bits per heavy atom. The highest BCUT2D eigenvalue weighted by Crippen LogP contribution is 2.32.